The van der Waals surface area contributed by atoms with Crippen molar-refractivity contribution in [3.63, 3.8) is 0 Å². The number of aliphatic hydroxyl groups excluding tert-OH is 1. The van der Waals surface area contributed by atoms with Gasteiger partial charge in [0, 0.05) is 6.07 Å². The molecule has 0 heterocycles. The fourth-order valence-corrected chi connectivity index (χ4v) is 1.73. The number of hydrogen-bond donors (Lipinski definition) is 1. The van der Waals surface area contributed by atoms with E-state index in [1.807, 2.05) is 0 Å². The van der Waals surface area contributed by atoms with Gasteiger partial charge in [0.1, 0.15) is 17.3 Å². The van der Waals surface area contributed by atoms with Crippen molar-refractivity contribution >= 4 is 11.6 Å². The minimum absolute atomic E-state index is 0.0842. The maximum absolute atomic E-state index is 13.4. The van der Waals surface area contributed by atoms with Gasteiger partial charge >= 0.3 is 0 Å². The molecule has 0 fully saturated rings. The van der Waals surface area contributed by atoms with Crippen LogP contribution in [0.5, 0.6) is 11.5 Å². The van der Waals surface area contributed by atoms with E-state index in [-0.39, 0.29) is 12.4 Å². The van der Waals surface area contributed by atoms with Gasteiger partial charge in [0.25, 0.3) is 0 Å². The van der Waals surface area contributed by atoms with Gasteiger partial charge in [-0.15, -0.1) is 0 Å². The van der Waals surface area contributed by atoms with E-state index in [1.54, 1.807) is 37.3 Å². The van der Waals surface area contributed by atoms with Gasteiger partial charge in [0.05, 0.1) is 11.6 Å². The first-order valence-electron chi connectivity index (χ1n) is 5.43. The molecule has 0 saturated carbocycles. The smallest absolute Gasteiger partial charge is 0.146 e. The molecule has 1 N–H and O–H groups in total. The van der Waals surface area contributed by atoms with E-state index >= 15 is 0 Å². The Balaban J connectivity index is 2.25. The number of benzene rings is 2. The average molecular weight is 267 g/mol. The van der Waals surface area contributed by atoms with Crippen molar-refractivity contribution in [2.45, 2.75) is 13.5 Å². The minimum Gasteiger partial charge on any atom is -0.456 e. The molecule has 2 aromatic carbocycles. The summed E-state index contributed by atoms with van der Waals surface area (Å²) < 4.78 is 18.8. The summed E-state index contributed by atoms with van der Waals surface area (Å²) in [7, 11) is 0. The topological polar surface area (TPSA) is 29.5 Å². The number of hydrogen-bond acceptors (Lipinski definition) is 2. The maximum atomic E-state index is 13.4. The van der Waals surface area contributed by atoms with Gasteiger partial charge in [-0.2, -0.15) is 0 Å². The summed E-state index contributed by atoms with van der Waals surface area (Å²) in [4.78, 5) is 0. The summed E-state index contributed by atoms with van der Waals surface area (Å²) in [6, 6.07) is 9.58. The number of ether oxygens (including phenoxy) is 1. The maximum Gasteiger partial charge on any atom is 0.146 e. The van der Waals surface area contributed by atoms with Gasteiger partial charge < -0.3 is 9.84 Å². The second-order valence-corrected chi connectivity index (χ2v) is 4.34. The molecule has 2 aromatic rings. The number of rotatable bonds is 3. The lowest BCUT2D eigenvalue weighted by molar-refractivity contribution is 0.281. The molecule has 0 atom stereocenters. The highest BCUT2D eigenvalue weighted by Crippen LogP contribution is 2.30. The Bertz CT molecular complexity index is 570. The monoisotopic (exact) mass is 266 g/mol. The predicted octanol–water partition coefficient (Wildman–Crippen LogP) is 4.07. The van der Waals surface area contributed by atoms with Crippen LogP contribution >= 0.6 is 11.6 Å². The number of aryl methyl sites for hydroxylation is 1. The Morgan fingerprint density at radius 3 is 2.61 bits per heavy atom. The van der Waals surface area contributed by atoms with Crippen molar-refractivity contribution in [3.05, 3.63) is 58.4 Å². The molecular formula is C14H12ClFO2. The molecule has 0 amide bonds. The summed E-state index contributed by atoms with van der Waals surface area (Å²) in [6.45, 7) is 1.60. The van der Waals surface area contributed by atoms with Crippen LogP contribution in [0, 0.1) is 12.7 Å². The Kier molecular flexibility index (Phi) is 3.84. The van der Waals surface area contributed by atoms with E-state index in [0.717, 1.165) is 0 Å². The zero-order valence-electron chi connectivity index (χ0n) is 9.78. The Morgan fingerprint density at radius 1 is 1.22 bits per heavy atom. The van der Waals surface area contributed by atoms with E-state index in [1.165, 1.54) is 6.07 Å². The summed E-state index contributed by atoms with van der Waals surface area (Å²) >= 11 is 6.00. The molecule has 94 valence electrons. The zero-order valence-corrected chi connectivity index (χ0v) is 10.5. The first-order valence-corrected chi connectivity index (χ1v) is 5.81. The van der Waals surface area contributed by atoms with Crippen LogP contribution < -0.4 is 4.74 Å². The summed E-state index contributed by atoms with van der Waals surface area (Å²) in [5.74, 6) is 0.490. The predicted molar refractivity (Wildman–Crippen MR) is 68.6 cm³/mol. The van der Waals surface area contributed by atoms with E-state index < -0.39 is 0 Å². The van der Waals surface area contributed by atoms with Crippen LogP contribution in [-0.2, 0) is 6.61 Å². The van der Waals surface area contributed by atoms with Crippen molar-refractivity contribution in [1.82, 2.24) is 0 Å². The van der Waals surface area contributed by atoms with Crippen LogP contribution in [0.4, 0.5) is 4.39 Å². The molecule has 2 nitrogen and oxygen atoms in total. The zero-order chi connectivity index (χ0) is 13.1. The standard InChI is InChI=1S/C14H12ClFO2/c1-9-2-4-11(7-13(9)16)18-14-5-3-10(8-17)6-12(14)15/h2-7,17H,8H2,1H3. The Hall–Kier alpha value is -1.58. The van der Waals surface area contributed by atoms with Gasteiger partial charge in [-0.1, -0.05) is 23.7 Å². The SMILES string of the molecule is Cc1ccc(Oc2ccc(CO)cc2Cl)cc1F. The molecule has 0 aliphatic heterocycles. The average Bonchev–Trinajstić information content (AvgIpc) is 2.36. The fraction of sp³-hybridized carbons (Fsp3) is 0.143. The third kappa shape index (κ3) is 2.81. The number of aliphatic hydroxyl groups is 1. The van der Waals surface area contributed by atoms with Crippen molar-refractivity contribution in [2.24, 2.45) is 0 Å². The van der Waals surface area contributed by atoms with Crippen molar-refractivity contribution in [2.75, 3.05) is 0 Å². The molecular weight excluding hydrogens is 255 g/mol. The molecule has 0 bridgehead atoms. The third-order valence-electron chi connectivity index (χ3n) is 2.55. The minimum atomic E-state index is -0.324. The lowest BCUT2D eigenvalue weighted by Crippen LogP contribution is -1.90. The Labute approximate surface area is 110 Å². The molecule has 4 heteroatoms. The molecule has 2 rings (SSSR count). The van der Waals surface area contributed by atoms with Crippen molar-refractivity contribution < 1.29 is 14.2 Å². The van der Waals surface area contributed by atoms with Gasteiger partial charge in [0.15, 0.2) is 0 Å². The summed E-state index contributed by atoms with van der Waals surface area (Å²) in [5, 5.41) is 9.34. The highest BCUT2D eigenvalue weighted by atomic mass is 35.5. The first kappa shape index (κ1) is 12.9. The molecule has 0 aliphatic rings. The highest BCUT2D eigenvalue weighted by Gasteiger charge is 2.06. The van der Waals surface area contributed by atoms with Gasteiger partial charge in [-0.3, -0.25) is 0 Å². The van der Waals surface area contributed by atoms with Crippen molar-refractivity contribution in [3.8, 4) is 11.5 Å². The molecule has 0 aromatic heterocycles. The van der Waals surface area contributed by atoms with Gasteiger partial charge in [0.2, 0.25) is 0 Å². The molecule has 0 saturated heterocycles. The second kappa shape index (κ2) is 5.38. The largest absolute Gasteiger partial charge is 0.456 e. The van der Waals surface area contributed by atoms with E-state index in [9.17, 15) is 4.39 Å². The third-order valence-corrected chi connectivity index (χ3v) is 2.85. The lowest BCUT2D eigenvalue weighted by Gasteiger charge is -2.09. The summed E-state index contributed by atoms with van der Waals surface area (Å²) in [6.07, 6.45) is 0. The van der Waals surface area contributed by atoms with Gasteiger partial charge in [-0.05, 0) is 36.2 Å². The molecule has 0 radical (unpaired) electrons. The van der Waals surface area contributed by atoms with Crippen LogP contribution in [0.1, 0.15) is 11.1 Å². The molecule has 18 heavy (non-hydrogen) atoms. The molecule has 0 unspecified atom stereocenters. The fourth-order valence-electron chi connectivity index (χ4n) is 1.49. The molecule has 0 aliphatic carbocycles. The molecule has 0 spiro atoms. The summed E-state index contributed by atoms with van der Waals surface area (Å²) in [5.41, 5.74) is 1.26. The van der Waals surface area contributed by atoms with Crippen LogP contribution in [0.15, 0.2) is 36.4 Å². The normalized spacial score (nSPS) is 10.4. The number of halogens is 2. The van der Waals surface area contributed by atoms with Crippen LogP contribution in [0.3, 0.4) is 0 Å². The quantitative estimate of drug-likeness (QED) is 0.907. The van der Waals surface area contributed by atoms with E-state index in [4.69, 9.17) is 21.4 Å². The highest BCUT2D eigenvalue weighted by molar-refractivity contribution is 6.32. The van der Waals surface area contributed by atoms with Gasteiger partial charge in [-0.25, -0.2) is 4.39 Å². The van der Waals surface area contributed by atoms with Crippen LogP contribution in [0.2, 0.25) is 5.02 Å². The lowest BCUT2D eigenvalue weighted by atomic mass is 10.2. The van der Waals surface area contributed by atoms with E-state index in [2.05, 4.69) is 0 Å². The van der Waals surface area contributed by atoms with E-state index in [0.29, 0.717) is 27.6 Å². The Morgan fingerprint density at radius 2 is 2.00 bits per heavy atom. The van der Waals surface area contributed by atoms with Crippen LogP contribution in [-0.4, -0.2) is 5.11 Å². The second-order valence-electron chi connectivity index (χ2n) is 3.94. The van der Waals surface area contributed by atoms with Crippen LogP contribution in [0.25, 0.3) is 0 Å². The first-order chi connectivity index (χ1) is 8.60. The van der Waals surface area contributed by atoms with Crippen molar-refractivity contribution in [1.29, 1.82) is 0 Å².